The van der Waals surface area contributed by atoms with E-state index in [-0.39, 0.29) is 24.7 Å². The summed E-state index contributed by atoms with van der Waals surface area (Å²) in [7, 11) is 1.46. The minimum Gasteiger partial charge on any atom is -0.508 e. The van der Waals surface area contributed by atoms with Gasteiger partial charge in [0.1, 0.15) is 11.8 Å². The molecule has 0 saturated heterocycles. The average molecular weight is 294 g/mol. The fourth-order valence-corrected chi connectivity index (χ4v) is 1.61. The van der Waals surface area contributed by atoms with Crippen LogP contribution < -0.4 is 11.1 Å². The number of rotatable bonds is 6. The molecule has 0 heterocycles. The van der Waals surface area contributed by atoms with Gasteiger partial charge in [0.05, 0.1) is 6.54 Å². The molecule has 6 N–H and O–H groups in total. The lowest BCUT2D eigenvalue weighted by Gasteiger charge is -2.19. The molecular weight excluding hydrogens is 276 g/mol. The van der Waals surface area contributed by atoms with Gasteiger partial charge in [-0.15, -0.1) is 0 Å². The minimum absolute atomic E-state index is 0.0812. The Hall–Kier alpha value is -2.77. The molecule has 0 aliphatic heterocycles. The molecule has 1 aromatic carbocycles. The molecule has 0 radical (unpaired) electrons. The Bertz CT molecular complexity index is 529. The monoisotopic (exact) mass is 294 g/mol. The van der Waals surface area contributed by atoms with Crippen LogP contribution in [0.25, 0.3) is 0 Å². The van der Waals surface area contributed by atoms with Gasteiger partial charge in [-0.2, -0.15) is 0 Å². The van der Waals surface area contributed by atoms with Gasteiger partial charge in [-0.25, -0.2) is 4.79 Å². The second kappa shape index (κ2) is 7.13. The summed E-state index contributed by atoms with van der Waals surface area (Å²) in [6.07, 6.45) is 0.0884. The van der Waals surface area contributed by atoms with Gasteiger partial charge in [-0.1, -0.05) is 12.1 Å². The zero-order valence-corrected chi connectivity index (χ0v) is 11.5. The van der Waals surface area contributed by atoms with E-state index in [9.17, 15) is 14.7 Å². The third-order valence-corrected chi connectivity index (χ3v) is 2.80. The van der Waals surface area contributed by atoms with Crippen molar-refractivity contribution in [3.05, 3.63) is 29.8 Å². The summed E-state index contributed by atoms with van der Waals surface area (Å²) in [5.41, 5.74) is 5.87. The molecule has 114 valence electrons. The fourth-order valence-electron chi connectivity index (χ4n) is 1.61. The lowest BCUT2D eigenvalue weighted by Crippen LogP contribution is -2.47. The van der Waals surface area contributed by atoms with Gasteiger partial charge in [-0.3, -0.25) is 10.2 Å². The van der Waals surface area contributed by atoms with Crippen LogP contribution in [0.4, 0.5) is 0 Å². The van der Waals surface area contributed by atoms with Crippen LogP contribution in [0.5, 0.6) is 5.75 Å². The number of carbonyl (C=O) groups excluding carboxylic acids is 1. The van der Waals surface area contributed by atoms with Crippen molar-refractivity contribution in [3.8, 4) is 5.75 Å². The van der Waals surface area contributed by atoms with Crippen molar-refractivity contribution < 1.29 is 19.8 Å². The third kappa shape index (κ3) is 5.39. The number of carboxylic acids is 1. The molecule has 0 aliphatic carbocycles. The van der Waals surface area contributed by atoms with E-state index < -0.39 is 17.9 Å². The van der Waals surface area contributed by atoms with E-state index in [1.54, 1.807) is 12.1 Å². The topological polar surface area (TPSA) is 140 Å². The number of guanidine groups is 1. The number of benzene rings is 1. The number of phenolic OH excluding ortho intramolecular Hbond substituents is 1. The Morgan fingerprint density at radius 1 is 1.38 bits per heavy atom. The molecule has 0 spiro atoms. The molecule has 8 nitrogen and oxygen atoms in total. The number of nitrogens with two attached hydrogens (primary N) is 1. The summed E-state index contributed by atoms with van der Waals surface area (Å²) in [4.78, 5) is 24.1. The molecule has 0 fully saturated rings. The largest absolute Gasteiger partial charge is 0.508 e. The maximum Gasteiger partial charge on any atom is 0.326 e. The number of hydrogen-bond donors (Lipinski definition) is 5. The van der Waals surface area contributed by atoms with Gasteiger partial charge in [0, 0.05) is 13.5 Å². The summed E-state index contributed by atoms with van der Waals surface area (Å²) in [5.74, 6) is -1.91. The number of amides is 1. The van der Waals surface area contributed by atoms with E-state index in [1.807, 2.05) is 0 Å². The zero-order valence-electron chi connectivity index (χ0n) is 11.5. The molecule has 1 atom stereocenters. The molecule has 1 amide bonds. The van der Waals surface area contributed by atoms with Gasteiger partial charge in [0.25, 0.3) is 0 Å². The number of likely N-dealkylation sites (N-methyl/N-ethyl adjacent to an activating group) is 1. The molecule has 8 heteroatoms. The molecule has 0 unspecified atom stereocenters. The number of aliphatic carboxylic acids is 1. The molecule has 0 bridgehead atoms. The first-order valence-corrected chi connectivity index (χ1v) is 6.15. The van der Waals surface area contributed by atoms with Crippen LogP contribution in [0.15, 0.2) is 24.3 Å². The van der Waals surface area contributed by atoms with Crippen LogP contribution in [0, 0.1) is 5.41 Å². The highest BCUT2D eigenvalue weighted by Crippen LogP contribution is 2.11. The molecule has 0 aromatic heterocycles. The Morgan fingerprint density at radius 2 is 1.95 bits per heavy atom. The van der Waals surface area contributed by atoms with E-state index in [4.69, 9.17) is 16.2 Å². The van der Waals surface area contributed by atoms with Gasteiger partial charge in [-0.05, 0) is 17.7 Å². The lowest BCUT2D eigenvalue weighted by atomic mass is 10.1. The van der Waals surface area contributed by atoms with E-state index in [2.05, 4.69) is 5.32 Å². The quantitative estimate of drug-likeness (QED) is 0.348. The van der Waals surface area contributed by atoms with Crippen LogP contribution in [-0.4, -0.2) is 52.6 Å². The standard InChI is InChI=1S/C13H18N4O4/c1-17(13(14)15)7-11(19)16-10(12(20)21)6-8-2-4-9(18)5-3-8/h2-5,10,18H,6-7H2,1H3,(H3,14,15)(H,16,19)(H,20,21)/t10-/m0/s1. The van der Waals surface area contributed by atoms with Crippen molar-refractivity contribution in [2.75, 3.05) is 13.6 Å². The molecular formula is C13H18N4O4. The predicted octanol–water partition coefficient (Wildman–Crippen LogP) is -0.671. The SMILES string of the molecule is CN(CC(=O)N[C@@H](Cc1ccc(O)cc1)C(=O)O)C(=N)N. The Kier molecular flexibility index (Phi) is 5.53. The van der Waals surface area contributed by atoms with Crippen LogP contribution >= 0.6 is 0 Å². The zero-order chi connectivity index (χ0) is 16.0. The second-order valence-electron chi connectivity index (χ2n) is 4.57. The molecule has 21 heavy (non-hydrogen) atoms. The number of carbonyl (C=O) groups is 2. The Labute approximate surface area is 121 Å². The lowest BCUT2D eigenvalue weighted by molar-refractivity contribution is -0.141. The number of nitrogens with one attached hydrogen (secondary N) is 2. The summed E-state index contributed by atoms with van der Waals surface area (Å²) >= 11 is 0. The van der Waals surface area contributed by atoms with Crippen molar-refractivity contribution in [3.63, 3.8) is 0 Å². The smallest absolute Gasteiger partial charge is 0.326 e. The maximum absolute atomic E-state index is 11.7. The van der Waals surface area contributed by atoms with Gasteiger partial charge in [0.15, 0.2) is 5.96 Å². The van der Waals surface area contributed by atoms with Gasteiger partial charge < -0.3 is 26.2 Å². The van der Waals surface area contributed by atoms with E-state index >= 15 is 0 Å². The normalized spacial score (nSPS) is 11.5. The van der Waals surface area contributed by atoms with Crippen molar-refractivity contribution in [2.45, 2.75) is 12.5 Å². The van der Waals surface area contributed by atoms with E-state index in [1.165, 1.54) is 24.1 Å². The first kappa shape index (κ1) is 16.3. The van der Waals surface area contributed by atoms with Crippen LogP contribution in [0.2, 0.25) is 0 Å². The molecule has 0 aliphatic rings. The highest BCUT2D eigenvalue weighted by molar-refractivity contribution is 5.87. The van der Waals surface area contributed by atoms with Crippen LogP contribution in [0.1, 0.15) is 5.56 Å². The van der Waals surface area contributed by atoms with Crippen molar-refractivity contribution in [2.24, 2.45) is 5.73 Å². The highest BCUT2D eigenvalue weighted by atomic mass is 16.4. The molecule has 1 aromatic rings. The fraction of sp³-hybridized carbons (Fsp3) is 0.308. The Balaban J connectivity index is 2.65. The minimum atomic E-state index is -1.16. The van der Waals surface area contributed by atoms with E-state index in [0.29, 0.717) is 5.56 Å². The van der Waals surface area contributed by atoms with Gasteiger partial charge >= 0.3 is 5.97 Å². The number of carboxylic acid groups (broad SMARTS) is 1. The number of aromatic hydroxyl groups is 1. The highest BCUT2D eigenvalue weighted by Gasteiger charge is 2.21. The number of hydrogen-bond acceptors (Lipinski definition) is 4. The first-order valence-electron chi connectivity index (χ1n) is 6.15. The Morgan fingerprint density at radius 3 is 2.43 bits per heavy atom. The number of phenols is 1. The second-order valence-corrected chi connectivity index (χ2v) is 4.57. The average Bonchev–Trinajstić information content (AvgIpc) is 2.40. The van der Waals surface area contributed by atoms with Crippen molar-refractivity contribution in [1.82, 2.24) is 10.2 Å². The summed E-state index contributed by atoms with van der Waals surface area (Å²) in [5, 5.41) is 27.8. The summed E-state index contributed by atoms with van der Waals surface area (Å²) in [6, 6.07) is 4.96. The maximum atomic E-state index is 11.7. The van der Waals surface area contributed by atoms with Crippen molar-refractivity contribution in [1.29, 1.82) is 5.41 Å². The summed E-state index contributed by atoms with van der Waals surface area (Å²) in [6.45, 7) is -0.200. The van der Waals surface area contributed by atoms with E-state index in [0.717, 1.165) is 0 Å². The van der Waals surface area contributed by atoms with Gasteiger partial charge in [0.2, 0.25) is 5.91 Å². The predicted molar refractivity (Wildman–Crippen MR) is 75.9 cm³/mol. The third-order valence-electron chi connectivity index (χ3n) is 2.80. The van der Waals surface area contributed by atoms with Crippen LogP contribution in [-0.2, 0) is 16.0 Å². The van der Waals surface area contributed by atoms with Crippen LogP contribution in [0.3, 0.4) is 0 Å². The molecule has 0 saturated carbocycles. The first-order chi connectivity index (χ1) is 9.79. The molecule has 1 rings (SSSR count). The number of nitrogens with zero attached hydrogens (tertiary/aromatic N) is 1. The van der Waals surface area contributed by atoms with Crippen molar-refractivity contribution >= 4 is 17.8 Å². The summed E-state index contributed by atoms with van der Waals surface area (Å²) < 4.78 is 0.